The van der Waals surface area contributed by atoms with Crippen molar-refractivity contribution in [3.63, 3.8) is 0 Å². The molecule has 0 saturated heterocycles. The summed E-state index contributed by atoms with van der Waals surface area (Å²) in [6.45, 7) is 0. The summed E-state index contributed by atoms with van der Waals surface area (Å²) in [6.07, 6.45) is -2.60. The number of nitrogens with zero attached hydrogens (tertiary/aromatic N) is 1. The van der Waals surface area contributed by atoms with Crippen LogP contribution in [0.5, 0.6) is 5.75 Å². The summed E-state index contributed by atoms with van der Waals surface area (Å²) < 4.78 is 30.0. The van der Waals surface area contributed by atoms with Crippen LogP contribution in [-0.4, -0.2) is 17.3 Å². The Bertz CT molecular complexity index is 498. The van der Waals surface area contributed by atoms with Crippen molar-refractivity contribution < 1.29 is 13.5 Å². The highest BCUT2D eigenvalue weighted by Gasteiger charge is 2.16. The van der Waals surface area contributed by atoms with E-state index in [1.165, 1.54) is 19.2 Å². The summed E-state index contributed by atoms with van der Waals surface area (Å²) in [4.78, 5) is 0. The maximum absolute atomic E-state index is 12.5. The molecule has 0 saturated carbocycles. The zero-order chi connectivity index (χ0) is 11.0. The molecule has 1 aromatic heterocycles. The SMILES string of the molecule is COc1cc2c(C(F)F)[nH]nc2cc1Cl. The lowest BCUT2D eigenvalue weighted by molar-refractivity contribution is 0.147. The molecule has 0 fully saturated rings. The second-order valence-electron chi connectivity index (χ2n) is 2.94. The van der Waals surface area contributed by atoms with Gasteiger partial charge in [-0.1, -0.05) is 11.6 Å². The van der Waals surface area contributed by atoms with Gasteiger partial charge in [-0.2, -0.15) is 5.10 Å². The van der Waals surface area contributed by atoms with E-state index in [-0.39, 0.29) is 5.69 Å². The van der Waals surface area contributed by atoms with Gasteiger partial charge in [-0.25, -0.2) is 8.78 Å². The van der Waals surface area contributed by atoms with Crippen molar-refractivity contribution in [2.75, 3.05) is 7.11 Å². The largest absolute Gasteiger partial charge is 0.495 e. The normalized spacial score (nSPS) is 11.3. The van der Waals surface area contributed by atoms with Crippen LogP contribution in [0.4, 0.5) is 8.78 Å². The van der Waals surface area contributed by atoms with E-state index in [4.69, 9.17) is 16.3 Å². The van der Waals surface area contributed by atoms with Crippen LogP contribution in [0.1, 0.15) is 12.1 Å². The molecule has 0 spiro atoms. The lowest BCUT2D eigenvalue weighted by atomic mass is 10.2. The molecule has 0 amide bonds. The van der Waals surface area contributed by atoms with Gasteiger partial charge in [-0.3, -0.25) is 5.10 Å². The molecule has 15 heavy (non-hydrogen) atoms. The molecule has 1 aromatic carbocycles. The third kappa shape index (κ3) is 1.63. The second kappa shape index (κ2) is 3.66. The van der Waals surface area contributed by atoms with Crippen molar-refractivity contribution in [3.05, 3.63) is 22.8 Å². The first-order valence-electron chi connectivity index (χ1n) is 4.13. The molecule has 2 rings (SSSR count). The fourth-order valence-electron chi connectivity index (χ4n) is 1.35. The first-order chi connectivity index (χ1) is 7.13. The predicted octanol–water partition coefficient (Wildman–Crippen LogP) is 3.16. The van der Waals surface area contributed by atoms with Crippen LogP contribution in [-0.2, 0) is 0 Å². The van der Waals surface area contributed by atoms with Crippen molar-refractivity contribution in [1.82, 2.24) is 10.2 Å². The monoisotopic (exact) mass is 232 g/mol. The Hall–Kier alpha value is -1.36. The average molecular weight is 233 g/mol. The van der Waals surface area contributed by atoms with Crippen LogP contribution in [0.15, 0.2) is 12.1 Å². The molecule has 3 nitrogen and oxygen atoms in total. The fraction of sp³-hybridized carbons (Fsp3) is 0.222. The third-order valence-corrected chi connectivity index (χ3v) is 2.37. The lowest BCUT2D eigenvalue weighted by Gasteiger charge is -2.02. The minimum absolute atomic E-state index is 0.222. The molecule has 1 N–H and O–H groups in total. The molecule has 6 heteroatoms. The molecular weight excluding hydrogens is 226 g/mol. The molecule has 1 heterocycles. The first-order valence-corrected chi connectivity index (χ1v) is 4.51. The van der Waals surface area contributed by atoms with Crippen LogP contribution in [0.3, 0.4) is 0 Å². The highest BCUT2D eigenvalue weighted by Crippen LogP contribution is 2.33. The fourth-order valence-corrected chi connectivity index (χ4v) is 1.59. The minimum atomic E-state index is -2.60. The summed E-state index contributed by atoms with van der Waals surface area (Å²) in [5, 5.41) is 6.68. The highest BCUT2D eigenvalue weighted by atomic mass is 35.5. The number of nitrogens with one attached hydrogen (secondary N) is 1. The number of aromatic nitrogens is 2. The van der Waals surface area contributed by atoms with Crippen molar-refractivity contribution in [1.29, 1.82) is 0 Å². The smallest absolute Gasteiger partial charge is 0.280 e. The van der Waals surface area contributed by atoms with Gasteiger partial charge in [-0.05, 0) is 12.1 Å². The number of rotatable bonds is 2. The summed E-state index contributed by atoms with van der Waals surface area (Å²) >= 11 is 5.83. The van der Waals surface area contributed by atoms with E-state index in [0.717, 1.165) is 0 Å². The molecule has 0 aliphatic rings. The molecule has 0 radical (unpaired) electrons. The molecule has 0 atom stereocenters. The van der Waals surface area contributed by atoms with Gasteiger partial charge >= 0.3 is 0 Å². The van der Waals surface area contributed by atoms with Crippen molar-refractivity contribution in [3.8, 4) is 5.75 Å². The third-order valence-electron chi connectivity index (χ3n) is 2.08. The Kier molecular flexibility index (Phi) is 2.48. The van der Waals surface area contributed by atoms with E-state index >= 15 is 0 Å². The second-order valence-corrected chi connectivity index (χ2v) is 3.35. The number of aromatic amines is 1. The zero-order valence-corrected chi connectivity index (χ0v) is 8.48. The predicted molar refractivity (Wildman–Crippen MR) is 52.6 cm³/mol. The van der Waals surface area contributed by atoms with Gasteiger partial charge in [0.1, 0.15) is 11.4 Å². The summed E-state index contributed by atoms with van der Waals surface area (Å²) in [5.74, 6) is 0.354. The van der Waals surface area contributed by atoms with Crippen molar-refractivity contribution in [2.45, 2.75) is 6.43 Å². The number of fused-ring (bicyclic) bond motifs is 1. The van der Waals surface area contributed by atoms with E-state index in [1.807, 2.05) is 0 Å². The summed E-state index contributed by atoms with van der Waals surface area (Å²) in [7, 11) is 1.43. The quantitative estimate of drug-likeness (QED) is 0.864. The van der Waals surface area contributed by atoms with Gasteiger partial charge in [0, 0.05) is 5.39 Å². The van der Waals surface area contributed by atoms with Crippen LogP contribution < -0.4 is 4.74 Å². The lowest BCUT2D eigenvalue weighted by Crippen LogP contribution is -1.86. The number of hydrogen-bond donors (Lipinski definition) is 1. The summed E-state index contributed by atoms with van der Waals surface area (Å²) in [6, 6.07) is 2.93. The Morgan fingerprint density at radius 2 is 2.20 bits per heavy atom. The van der Waals surface area contributed by atoms with Crippen LogP contribution >= 0.6 is 11.6 Å². The molecule has 0 unspecified atom stereocenters. The molecule has 80 valence electrons. The maximum atomic E-state index is 12.5. The Balaban J connectivity index is 2.69. The number of H-pyrrole nitrogens is 1. The van der Waals surface area contributed by atoms with E-state index in [2.05, 4.69) is 10.2 Å². The van der Waals surface area contributed by atoms with Crippen molar-refractivity contribution >= 4 is 22.5 Å². The molecule has 0 bridgehead atoms. The van der Waals surface area contributed by atoms with Gasteiger partial charge in [0.15, 0.2) is 0 Å². The number of hydrogen-bond acceptors (Lipinski definition) is 2. The maximum Gasteiger partial charge on any atom is 0.280 e. The van der Waals surface area contributed by atoms with E-state index in [9.17, 15) is 8.78 Å². The molecule has 2 aromatic rings. The zero-order valence-electron chi connectivity index (χ0n) is 7.72. The van der Waals surface area contributed by atoms with Crippen molar-refractivity contribution in [2.24, 2.45) is 0 Å². The number of methoxy groups -OCH3 is 1. The average Bonchev–Trinajstić information content (AvgIpc) is 2.59. The van der Waals surface area contributed by atoms with Gasteiger partial charge < -0.3 is 4.74 Å². The van der Waals surface area contributed by atoms with Crippen LogP contribution in [0.2, 0.25) is 5.02 Å². The summed E-state index contributed by atoms with van der Waals surface area (Å²) in [5.41, 5.74) is 0.177. The van der Waals surface area contributed by atoms with E-state index in [1.54, 1.807) is 0 Å². The number of ether oxygens (including phenoxy) is 1. The van der Waals surface area contributed by atoms with Gasteiger partial charge in [0.2, 0.25) is 0 Å². The highest BCUT2D eigenvalue weighted by molar-refractivity contribution is 6.32. The Labute approximate surface area is 89.0 Å². The Morgan fingerprint density at radius 1 is 1.47 bits per heavy atom. The topological polar surface area (TPSA) is 37.9 Å². The van der Waals surface area contributed by atoms with E-state index < -0.39 is 6.43 Å². The number of benzene rings is 1. The number of halogens is 3. The van der Waals surface area contributed by atoms with E-state index in [0.29, 0.717) is 21.7 Å². The van der Waals surface area contributed by atoms with Gasteiger partial charge in [0.05, 0.1) is 17.6 Å². The van der Waals surface area contributed by atoms with Gasteiger partial charge in [0.25, 0.3) is 6.43 Å². The van der Waals surface area contributed by atoms with Crippen LogP contribution in [0, 0.1) is 0 Å². The molecule has 0 aliphatic carbocycles. The minimum Gasteiger partial charge on any atom is -0.495 e. The first kappa shape index (κ1) is 10.2. The standard InChI is InChI=1S/C9H7ClF2N2O/c1-15-7-2-4-6(3-5(7)10)13-14-8(4)9(11)12/h2-3,9H,1H3,(H,13,14). The Morgan fingerprint density at radius 3 is 2.80 bits per heavy atom. The molecule has 0 aliphatic heterocycles. The van der Waals surface area contributed by atoms with Crippen LogP contribution in [0.25, 0.3) is 10.9 Å². The van der Waals surface area contributed by atoms with Gasteiger partial charge in [-0.15, -0.1) is 0 Å². The molecular formula is C9H7ClF2N2O. The number of alkyl halides is 2.